The number of aromatic nitrogens is 1. The number of fused-ring (bicyclic) bond motifs is 1. The van der Waals surface area contributed by atoms with Gasteiger partial charge in [0.15, 0.2) is 12.1 Å². The Hall–Kier alpha value is -3.61. The molecule has 1 atom stereocenters. The second-order valence-electron chi connectivity index (χ2n) is 7.71. The van der Waals surface area contributed by atoms with Crippen molar-refractivity contribution in [3.63, 3.8) is 0 Å². The van der Waals surface area contributed by atoms with E-state index in [1.165, 1.54) is 29.1 Å². The van der Waals surface area contributed by atoms with E-state index in [0.717, 1.165) is 24.7 Å². The molecular formula is C24H18N2O5S2. The molecule has 1 amide bonds. The zero-order valence-corrected chi connectivity index (χ0v) is 19.1. The predicted octanol–water partition coefficient (Wildman–Crippen LogP) is 5.78. The molecule has 3 heterocycles. The van der Waals surface area contributed by atoms with Gasteiger partial charge in [-0.25, -0.2) is 9.78 Å². The highest BCUT2D eigenvalue weighted by Gasteiger charge is 2.53. The Morgan fingerprint density at radius 3 is 2.70 bits per heavy atom. The number of carboxylic acid groups (broad SMARTS) is 1. The number of hydrogen-bond acceptors (Lipinski definition) is 7. The summed E-state index contributed by atoms with van der Waals surface area (Å²) in [5, 5.41) is 13.0. The normalized spacial score (nSPS) is 14.8. The summed E-state index contributed by atoms with van der Waals surface area (Å²) in [7, 11) is 0. The zero-order valence-electron chi connectivity index (χ0n) is 17.5. The van der Waals surface area contributed by atoms with Gasteiger partial charge >= 0.3 is 12.1 Å². The highest BCUT2D eigenvalue weighted by molar-refractivity contribution is 7.38. The number of thiophene rings is 2. The van der Waals surface area contributed by atoms with Crippen molar-refractivity contribution in [3.8, 4) is 11.8 Å². The molecule has 0 aliphatic heterocycles. The Kier molecular flexibility index (Phi) is 5.40. The van der Waals surface area contributed by atoms with E-state index in [9.17, 15) is 14.7 Å². The molecule has 2 N–H and O–H groups in total. The summed E-state index contributed by atoms with van der Waals surface area (Å²) >= 11 is 3.02. The van der Waals surface area contributed by atoms with Gasteiger partial charge in [0.1, 0.15) is 11.5 Å². The number of nitrogens with one attached hydrogen (secondary N) is 1. The first-order chi connectivity index (χ1) is 15.9. The molecule has 0 bridgehead atoms. The van der Waals surface area contributed by atoms with Crippen LogP contribution in [0.15, 0.2) is 53.3 Å². The van der Waals surface area contributed by atoms with Gasteiger partial charge in [0.2, 0.25) is 5.88 Å². The molecule has 166 valence electrons. The van der Waals surface area contributed by atoms with Gasteiger partial charge in [0.25, 0.3) is 0 Å². The third-order valence-corrected chi connectivity index (χ3v) is 8.00. The van der Waals surface area contributed by atoms with Crippen molar-refractivity contribution in [2.75, 3.05) is 5.32 Å². The minimum Gasteiger partial charge on any atom is -0.481 e. The molecule has 1 unspecified atom stereocenters. The molecule has 0 spiro atoms. The zero-order chi connectivity index (χ0) is 23.0. The maximum atomic E-state index is 12.3. The summed E-state index contributed by atoms with van der Waals surface area (Å²) in [6.07, 6.45) is 1.50. The van der Waals surface area contributed by atoms with Crippen LogP contribution < -0.4 is 5.32 Å². The summed E-state index contributed by atoms with van der Waals surface area (Å²) < 4.78 is 11.7. The van der Waals surface area contributed by atoms with Crippen LogP contribution in [0.2, 0.25) is 0 Å². The quantitative estimate of drug-likeness (QED) is 0.353. The molecule has 1 aliphatic carbocycles. The van der Waals surface area contributed by atoms with Gasteiger partial charge < -0.3 is 14.3 Å². The van der Waals surface area contributed by atoms with Gasteiger partial charge in [-0.1, -0.05) is 30.3 Å². The summed E-state index contributed by atoms with van der Waals surface area (Å²) in [6.45, 7) is 1.78. The lowest BCUT2D eigenvalue weighted by atomic mass is 10.1. The number of amides is 1. The van der Waals surface area contributed by atoms with Crippen molar-refractivity contribution < 1.29 is 23.8 Å². The molecule has 0 radical (unpaired) electrons. The second kappa shape index (κ2) is 8.39. The summed E-state index contributed by atoms with van der Waals surface area (Å²) in [4.78, 5) is 29.6. The molecule has 4 aromatic rings. The Morgan fingerprint density at radius 1 is 1.21 bits per heavy atom. The maximum Gasteiger partial charge on any atom is 0.414 e. The van der Waals surface area contributed by atoms with Crippen LogP contribution in [0.4, 0.5) is 10.7 Å². The van der Waals surface area contributed by atoms with E-state index in [0.29, 0.717) is 18.5 Å². The van der Waals surface area contributed by atoms with Crippen LogP contribution in [-0.2, 0) is 14.9 Å². The van der Waals surface area contributed by atoms with Crippen LogP contribution in [0.3, 0.4) is 0 Å². The van der Waals surface area contributed by atoms with Gasteiger partial charge in [0.05, 0.1) is 8.89 Å². The highest BCUT2D eigenvalue weighted by atomic mass is 32.2. The number of aliphatic carboxylic acids is 1. The fraction of sp³-hybridized carbons (Fsp3) is 0.208. The molecule has 1 aliphatic rings. The number of nitrogens with zero attached hydrogens (tertiary/aromatic N) is 1. The molecule has 5 rings (SSSR count). The number of ether oxygens (including phenoxy) is 1. The minimum atomic E-state index is -0.751. The first kappa shape index (κ1) is 21.2. The van der Waals surface area contributed by atoms with Gasteiger partial charge in [-0.15, -0.1) is 22.7 Å². The third-order valence-electron chi connectivity index (χ3n) is 5.49. The molecule has 7 nitrogen and oxygen atoms in total. The number of carbonyl (C=O) groups excluding carboxylic acids is 1. The van der Waals surface area contributed by atoms with E-state index >= 15 is 0 Å². The monoisotopic (exact) mass is 478 g/mol. The van der Waals surface area contributed by atoms with Crippen LogP contribution in [0.1, 0.15) is 46.9 Å². The summed E-state index contributed by atoms with van der Waals surface area (Å²) in [6, 6.07) is 13.3. The average molecular weight is 479 g/mol. The Morgan fingerprint density at radius 2 is 2.00 bits per heavy atom. The summed E-state index contributed by atoms with van der Waals surface area (Å²) in [5.41, 5.74) is 0.477. The fourth-order valence-corrected chi connectivity index (χ4v) is 5.98. The molecule has 9 heteroatoms. The minimum absolute atomic E-state index is 0.116. The van der Waals surface area contributed by atoms with Crippen LogP contribution in [0.25, 0.3) is 9.40 Å². The van der Waals surface area contributed by atoms with Crippen molar-refractivity contribution >= 4 is 50.0 Å². The third kappa shape index (κ3) is 4.23. The largest absolute Gasteiger partial charge is 0.481 e. The number of hydrogen-bond donors (Lipinski definition) is 2. The standard InChI is InChI=1S/C24H18N2O5S2/c1-14(15-5-3-2-4-6-15)31-23(29)26-20-18(25-13-30-20)8-7-17-11-16-12-19(33-21(16)32-17)24(9-10-24)22(27)28/h2-6,11-14H,9-10H2,1H3,(H,26,29)(H,27,28). The van der Waals surface area contributed by atoms with Crippen LogP contribution in [0.5, 0.6) is 0 Å². The molecule has 1 fully saturated rings. The smallest absolute Gasteiger partial charge is 0.414 e. The van der Waals surface area contributed by atoms with E-state index in [4.69, 9.17) is 9.15 Å². The van der Waals surface area contributed by atoms with Crippen molar-refractivity contribution in [2.45, 2.75) is 31.3 Å². The van der Waals surface area contributed by atoms with Crippen LogP contribution in [0, 0.1) is 11.8 Å². The Labute approximate surface area is 197 Å². The first-order valence-electron chi connectivity index (χ1n) is 10.2. The van der Waals surface area contributed by atoms with Crippen molar-refractivity contribution in [2.24, 2.45) is 0 Å². The topological polar surface area (TPSA) is 102 Å². The number of oxazole rings is 1. The van der Waals surface area contributed by atoms with E-state index in [-0.39, 0.29) is 5.88 Å². The second-order valence-corrected chi connectivity index (χ2v) is 10.1. The number of rotatable bonds is 5. The van der Waals surface area contributed by atoms with Gasteiger partial charge in [-0.3, -0.25) is 10.1 Å². The molecule has 1 saturated carbocycles. The molecule has 3 aromatic heterocycles. The van der Waals surface area contributed by atoms with Gasteiger partial charge in [-0.2, -0.15) is 0 Å². The lowest BCUT2D eigenvalue weighted by Gasteiger charge is -2.13. The van der Waals surface area contributed by atoms with E-state index < -0.39 is 23.6 Å². The average Bonchev–Trinajstić information content (AvgIpc) is 3.12. The Bertz CT molecular complexity index is 1370. The van der Waals surface area contributed by atoms with Crippen LogP contribution in [-0.4, -0.2) is 22.2 Å². The first-order valence-corrected chi connectivity index (χ1v) is 11.8. The Balaban J connectivity index is 1.27. The van der Waals surface area contributed by atoms with Crippen molar-refractivity contribution in [3.05, 3.63) is 69.9 Å². The lowest BCUT2D eigenvalue weighted by molar-refractivity contribution is -0.139. The van der Waals surface area contributed by atoms with Gasteiger partial charge in [-0.05, 0) is 49.3 Å². The van der Waals surface area contributed by atoms with Gasteiger partial charge in [0, 0.05) is 10.3 Å². The number of carboxylic acids is 1. The van der Waals surface area contributed by atoms with E-state index in [1.807, 2.05) is 42.5 Å². The van der Waals surface area contributed by atoms with Crippen molar-refractivity contribution in [1.82, 2.24) is 4.98 Å². The van der Waals surface area contributed by atoms with Crippen LogP contribution >= 0.6 is 22.7 Å². The maximum absolute atomic E-state index is 12.3. The molecule has 33 heavy (non-hydrogen) atoms. The lowest BCUT2D eigenvalue weighted by Crippen LogP contribution is -2.17. The predicted molar refractivity (Wildman–Crippen MR) is 126 cm³/mol. The van der Waals surface area contributed by atoms with Crippen molar-refractivity contribution in [1.29, 1.82) is 0 Å². The number of carbonyl (C=O) groups is 2. The number of benzene rings is 1. The fourth-order valence-electron chi connectivity index (χ4n) is 3.45. The van der Waals surface area contributed by atoms with E-state index in [2.05, 4.69) is 22.1 Å². The van der Waals surface area contributed by atoms with E-state index in [1.54, 1.807) is 6.92 Å². The molecule has 1 aromatic carbocycles. The SMILES string of the molecule is CC(OC(=O)Nc1ocnc1C#Cc1cc2cc(C3(C(=O)O)CC3)sc2s1)c1ccccc1. The summed E-state index contributed by atoms with van der Waals surface area (Å²) in [5.74, 6) is 5.33. The number of anilines is 1. The molecule has 0 saturated heterocycles. The highest BCUT2D eigenvalue weighted by Crippen LogP contribution is 2.52. The molecular weight excluding hydrogens is 460 g/mol.